The molecule has 114 valence electrons. The molecule has 4 heteroatoms. The summed E-state index contributed by atoms with van der Waals surface area (Å²) in [7, 11) is 0. The van der Waals surface area contributed by atoms with Gasteiger partial charge in [-0.3, -0.25) is 16.0 Å². The van der Waals surface area contributed by atoms with Gasteiger partial charge in [-0.2, -0.15) is 5.10 Å². The molecule has 1 atom stereocenters. The first-order chi connectivity index (χ1) is 10.2. The topological polar surface area (TPSA) is 55.9 Å². The van der Waals surface area contributed by atoms with Crippen molar-refractivity contribution in [1.82, 2.24) is 15.2 Å². The molecule has 0 aliphatic rings. The summed E-state index contributed by atoms with van der Waals surface area (Å²) in [5.74, 6) is 5.75. The molecule has 1 heterocycles. The van der Waals surface area contributed by atoms with Crippen LogP contribution in [0.2, 0.25) is 0 Å². The number of rotatable bonds is 7. The van der Waals surface area contributed by atoms with Gasteiger partial charge in [-0.05, 0) is 38.3 Å². The van der Waals surface area contributed by atoms with Crippen LogP contribution in [0.5, 0.6) is 0 Å². The molecule has 0 saturated carbocycles. The molecule has 0 amide bonds. The quantitative estimate of drug-likeness (QED) is 0.607. The standard InChI is InChI=1S/C17H26N4/c1-4-15-11-17(21(5-2)20-15)12-16(19-18)10-14-8-6-13(3)7-9-14/h6-9,11,16,19H,4-5,10,12,18H2,1-3H3. The molecule has 0 radical (unpaired) electrons. The van der Waals surface area contributed by atoms with Crippen molar-refractivity contribution in [2.75, 3.05) is 0 Å². The molecular weight excluding hydrogens is 260 g/mol. The molecule has 0 bridgehead atoms. The van der Waals surface area contributed by atoms with Crippen LogP contribution in [0.3, 0.4) is 0 Å². The maximum absolute atomic E-state index is 5.75. The number of hydrogen-bond donors (Lipinski definition) is 2. The highest BCUT2D eigenvalue weighted by molar-refractivity contribution is 5.22. The van der Waals surface area contributed by atoms with Crippen LogP contribution in [0.4, 0.5) is 0 Å². The molecule has 0 aliphatic heterocycles. The van der Waals surface area contributed by atoms with E-state index in [4.69, 9.17) is 5.84 Å². The van der Waals surface area contributed by atoms with Crippen molar-refractivity contribution in [3.8, 4) is 0 Å². The molecule has 21 heavy (non-hydrogen) atoms. The Kier molecular flexibility index (Phi) is 5.53. The summed E-state index contributed by atoms with van der Waals surface area (Å²) in [5.41, 5.74) is 7.95. The number of benzene rings is 1. The smallest absolute Gasteiger partial charge is 0.0624 e. The van der Waals surface area contributed by atoms with Crippen LogP contribution in [-0.4, -0.2) is 15.8 Å². The number of hydrazine groups is 1. The van der Waals surface area contributed by atoms with Crippen LogP contribution in [0.25, 0.3) is 0 Å². The van der Waals surface area contributed by atoms with Crippen molar-refractivity contribution in [2.45, 2.75) is 52.6 Å². The third kappa shape index (κ3) is 4.16. The van der Waals surface area contributed by atoms with Crippen molar-refractivity contribution in [3.63, 3.8) is 0 Å². The molecule has 1 aromatic heterocycles. The van der Waals surface area contributed by atoms with Gasteiger partial charge in [0.15, 0.2) is 0 Å². The summed E-state index contributed by atoms with van der Waals surface area (Å²) in [6.07, 6.45) is 2.79. The Balaban J connectivity index is 2.08. The van der Waals surface area contributed by atoms with Crippen LogP contribution in [0.15, 0.2) is 30.3 Å². The second-order valence-corrected chi connectivity index (χ2v) is 5.55. The Hall–Kier alpha value is -1.65. The molecular formula is C17H26N4. The Morgan fingerprint density at radius 1 is 1.19 bits per heavy atom. The van der Waals surface area contributed by atoms with E-state index in [1.54, 1.807) is 0 Å². The Labute approximate surface area is 127 Å². The van der Waals surface area contributed by atoms with E-state index in [0.717, 1.165) is 31.5 Å². The molecule has 1 aromatic carbocycles. The summed E-state index contributed by atoms with van der Waals surface area (Å²) in [6.45, 7) is 7.27. The molecule has 4 nitrogen and oxygen atoms in total. The first kappa shape index (κ1) is 15.7. The maximum atomic E-state index is 5.75. The highest BCUT2D eigenvalue weighted by Gasteiger charge is 2.13. The van der Waals surface area contributed by atoms with Gasteiger partial charge in [-0.1, -0.05) is 36.8 Å². The minimum atomic E-state index is 0.222. The fraction of sp³-hybridized carbons (Fsp3) is 0.471. The van der Waals surface area contributed by atoms with Crippen LogP contribution in [0.1, 0.15) is 36.4 Å². The second kappa shape index (κ2) is 7.38. The average molecular weight is 286 g/mol. The van der Waals surface area contributed by atoms with E-state index in [2.05, 4.69) is 66.3 Å². The lowest BCUT2D eigenvalue weighted by Gasteiger charge is -2.16. The molecule has 3 N–H and O–H groups in total. The zero-order valence-electron chi connectivity index (χ0n) is 13.3. The van der Waals surface area contributed by atoms with E-state index < -0.39 is 0 Å². The Morgan fingerprint density at radius 3 is 2.48 bits per heavy atom. The maximum Gasteiger partial charge on any atom is 0.0624 e. The van der Waals surface area contributed by atoms with Gasteiger partial charge in [0.25, 0.3) is 0 Å². The summed E-state index contributed by atoms with van der Waals surface area (Å²) in [6, 6.07) is 11.1. The van der Waals surface area contributed by atoms with E-state index in [1.807, 2.05) is 0 Å². The zero-order chi connectivity index (χ0) is 15.2. The van der Waals surface area contributed by atoms with E-state index in [-0.39, 0.29) is 6.04 Å². The number of hydrogen-bond acceptors (Lipinski definition) is 3. The van der Waals surface area contributed by atoms with E-state index in [0.29, 0.717) is 0 Å². The number of aryl methyl sites for hydroxylation is 3. The van der Waals surface area contributed by atoms with Gasteiger partial charge in [0, 0.05) is 24.7 Å². The Morgan fingerprint density at radius 2 is 1.90 bits per heavy atom. The van der Waals surface area contributed by atoms with Crippen molar-refractivity contribution in [2.24, 2.45) is 5.84 Å². The predicted molar refractivity (Wildman–Crippen MR) is 87.0 cm³/mol. The predicted octanol–water partition coefficient (Wildman–Crippen LogP) is 2.39. The van der Waals surface area contributed by atoms with Gasteiger partial charge in [0.2, 0.25) is 0 Å². The highest BCUT2D eigenvalue weighted by atomic mass is 15.3. The van der Waals surface area contributed by atoms with Crippen LogP contribution in [0, 0.1) is 6.92 Å². The first-order valence-corrected chi connectivity index (χ1v) is 7.73. The van der Waals surface area contributed by atoms with Crippen molar-refractivity contribution < 1.29 is 0 Å². The lowest BCUT2D eigenvalue weighted by atomic mass is 10.0. The van der Waals surface area contributed by atoms with Crippen molar-refractivity contribution in [3.05, 3.63) is 52.8 Å². The molecule has 0 spiro atoms. The Bertz CT molecular complexity index is 557. The highest BCUT2D eigenvalue weighted by Crippen LogP contribution is 2.12. The van der Waals surface area contributed by atoms with Gasteiger partial charge in [-0.15, -0.1) is 0 Å². The van der Waals surface area contributed by atoms with Crippen molar-refractivity contribution >= 4 is 0 Å². The van der Waals surface area contributed by atoms with Gasteiger partial charge in [0.05, 0.1) is 5.69 Å². The molecule has 1 unspecified atom stereocenters. The lowest BCUT2D eigenvalue weighted by Crippen LogP contribution is -2.39. The second-order valence-electron chi connectivity index (χ2n) is 5.55. The summed E-state index contributed by atoms with van der Waals surface area (Å²) < 4.78 is 2.08. The summed E-state index contributed by atoms with van der Waals surface area (Å²) in [4.78, 5) is 0. The van der Waals surface area contributed by atoms with E-state index >= 15 is 0 Å². The summed E-state index contributed by atoms with van der Waals surface area (Å²) >= 11 is 0. The zero-order valence-corrected chi connectivity index (χ0v) is 13.3. The SMILES string of the molecule is CCc1cc(CC(Cc2ccc(C)cc2)NN)n(CC)n1. The monoisotopic (exact) mass is 286 g/mol. The number of aromatic nitrogens is 2. The third-order valence-electron chi connectivity index (χ3n) is 3.87. The van der Waals surface area contributed by atoms with Crippen LogP contribution < -0.4 is 11.3 Å². The molecule has 2 aromatic rings. The van der Waals surface area contributed by atoms with E-state index in [1.165, 1.54) is 16.8 Å². The van der Waals surface area contributed by atoms with Crippen LogP contribution in [-0.2, 0) is 25.8 Å². The largest absolute Gasteiger partial charge is 0.271 e. The molecule has 0 aliphatic carbocycles. The normalized spacial score (nSPS) is 12.6. The fourth-order valence-electron chi connectivity index (χ4n) is 2.58. The lowest BCUT2D eigenvalue weighted by molar-refractivity contribution is 0.496. The number of nitrogens with zero attached hydrogens (tertiary/aromatic N) is 2. The fourth-order valence-corrected chi connectivity index (χ4v) is 2.58. The van der Waals surface area contributed by atoms with Gasteiger partial charge in [-0.25, -0.2) is 0 Å². The molecule has 0 saturated heterocycles. The van der Waals surface area contributed by atoms with E-state index in [9.17, 15) is 0 Å². The number of nitrogens with two attached hydrogens (primary N) is 1. The molecule has 2 rings (SSSR count). The van der Waals surface area contributed by atoms with Gasteiger partial charge >= 0.3 is 0 Å². The van der Waals surface area contributed by atoms with Crippen LogP contribution >= 0.6 is 0 Å². The third-order valence-corrected chi connectivity index (χ3v) is 3.87. The molecule has 0 fully saturated rings. The van der Waals surface area contributed by atoms with Gasteiger partial charge < -0.3 is 0 Å². The minimum absolute atomic E-state index is 0.222. The minimum Gasteiger partial charge on any atom is -0.271 e. The summed E-state index contributed by atoms with van der Waals surface area (Å²) in [5, 5.41) is 4.60. The average Bonchev–Trinajstić information content (AvgIpc) is 2.91. The first-order valence-electron chi connectivity index (χ1n) is 7.73. The van der Waals surface area contributed by atoms with Crippen molar-refractivity contribution in [1.29, 1.82) is 0 Å². The number of nitrogens with one attached hydrogen (secondary N) is 1. The van der Waals surface area contributed by atoms with Gasteiger partial charge in [0.1, 0.15) is 0 Å².